The first kappa shape index (κ1) is 12.3. The molecule has 19 heavy (non-hydrogen) atoms. The highest BCUT2D eigenvalue weighted by Crippen LogP contribution is 2.32. The van der Waals surface area contributed by atoms with E-state index >= 15 is 0 Å². The first-order valence-corrected chi connectivity index (χ1v) is 6.60. The van der Waals surface area contributed by atoms with Crippen molar-refractivity contribution >= 4 is 18.7 Å². The van der Waals surface area contributed by atoms with E-state index in [0.29, 0.717) is 13.1 Å². The van der Waals surface area contributed by atoms with Gasteiger partial charge in [-0.3, -0.25) is 4.59 Å². The summed E-state index contributed by atoms with van der Waals surface area (Å²) in [4.78, 5) is 15.8. The number of likely N-dealkylation sites (N-methyl/N-ethyl adjacent to an activating group) is 1. The Bertz CT molecular complexity index is 540. The Labute approximate surface area is 112 Å². The van der Waals surface area contributed by atoms with Crippen LogP contribution in [0.1, 0.15) is 12.5 Å². The highest BCUT2D eigenvalue weighted by atomic mass is 16.2. The van der Waals surface area contributed by atoms with E-state index in [9.17, 15) is 9.82 Å². The minimum atomic E-state index is -0.637. The average molecular weight is 260 g/mol. The third-order valence-electron chi connectivity index (χ3n) is 3.83. The summed E-state index contributed by atoms with van der Waals surface area (Å²) in [6.45, 7) is 5.78. The van der Waals surface area contributed by atoms with Gasteiger partial charge in [0.2, 0.25) is 0 Å². The van der Waals surface area contributed by atoms with E-state index in [1.807, 2.05) is 22.9 Å². The van der Waals surface area contributed by atoms with E-state index in [1.165, 1.54) is 4.59 Å². The topological polar surface area (TPSA) is 61.6 Å². The molecule has 3 heterocycles. The third kappa shape index (κ3) is 1.85. The number of carbonyl (C=O) groups is 1. The molecular formula is C12H17BN4O2. The molecule has 1 aromatic rings. The van der Waals surface area contributed by atoms with Gasteiger partial charge in [0.15, 0.2) is 0 Å². The first-order chi connectivity index (χ1) is 9.11. The van der Waals surface area contributed by atoms with Crippen molar-refractivity contribution in [2.45, 2.75) is 19.8 Å². The molecule has 2 amide bonds. The zero-order chi connectivity index (χ0) is 13.6. The van der Waals surface area contributed by atoms with Crippen LogP contribution < -0.4 is 0 Å². The van der Waals surface area contributed by atoms with Crippen LogP contribution >= 0.6 is 0 Å². The van der Waals surface area contributed by atoms with Gasteiger partial charge in [0, 0.05) is 31.4 Å². The summed E-state index contributed by atoms with van der Waals surface area (Å²) < 4.78 is 1.52. The van der Waals surface area contributed by atoms with Crippen LogP contribution in [0.3, 0.4) is 0 Å². The molecule has 2 aliphatic heterocycles. The Morgan fingerprint density at radius 2 is 2.37 bits per heavy atom. The number of rotatable bonds is 3. The van der Waals surface area contributed by atoms with E-state index in [2.05, 4.69) is 11.2 Å². The molecule has 0 saturated carbocycles. The summed E-state index contributed by atoms with van der Waals surface area (Å²) in [5.41, 5.74) is 2.12. The van der Waals surface area contributed by atoms with E-state index in [1.54, 1.807) is 13.0 Å². The second kappa shape index (κ2) is 4.41. The number of carbonyl (C=O) groups excluding carboxylic acids is 1. The zero-order valence-electron chi connectivity index (χ0n) is 11.2. The summed E-state index contributed by atoms with van der Waals surface area (Å²) in [6, 6.07) is 0.222. The van der Waals surface area contributed by atoms with Gasteiger partial charge in [-0.2, -0.15) is 5.10 Å². The summed E-state index contributed by atoms with van der Waals surface area (Å²) in [7, 11) is -0.637. The Morgan fingerprint density at radius 3 is 3.00 bits per heavy atom. The molecule has 0 aromatic carbocycles. The Hall–Kier alpha value is -1.76. The van der Waals surface area contributed by atoms with Crippen molar-refractivity contribution in [3.8, 4) is 0 Å². The molecule has 1 aromatic heterocycles. The van der Waals surface area contributed by atoms with Gasteiger partial charge in [0.25, 0.3) is 0 Å². The van der Waals surface area contributed by atoms with Crippen molar-refractivity contribution in [2.24, 2.45) is 0 Å². The second-order valence-electron chi connectivity index (χ2n) is 4.99. The predicted molar refractivity (Wildman–Crippen MR) is 72.6 cm³/mol. The van der Waals surface area contributed by atoms with Crippen LogP contribution in [0.15, 0.2) is 18.5 Å². The molecule has 1 unspecified atom stereocenters. The fourth-order valence-electron chi connectivity index (χ4n) is 2.82. The molecule has 7 heteroatoms. The molecule has 1 saturated heterocycles. The quantitative estimate of drug-likeness (QED) is 0.798. The smallest absolute Gasteiger partial charge is 0.431 e. The Balaban J connectivity index is 1.92. The standard InChI is InChI=1S/C12H17BN4O2/c1-3-16-11-8-15(12(16)18)5-4-10(11)9-6-14-17(7-9)13(2)19/h4,6-7,11,19H,3,5,8H2,1-2H3. The van der Waals surface area contributed by atoms with Gasteiger partial charge in [-0.25, -0.2) is 4.79 Å². The van der Waals surface area contributed by atoms with Crippen LogP contribution in [0.5, 0.6) is 0 Å². The number of urea groups is 1. The van der Waals surface area contributed by atoms with Gasteiger partial charge in [-0.1, -0.05) is 6.08 Å². The van der Waals surface area contributed by atoms with Crippen molar-refractivity contribution in [3.05, 3.63) is 24.0 Å². The highest BCUT2D eigenvalue weighted by molar-refractivity contribution is 6.46. The molecule has 100 valence electrons. The molecule has 2 bridgehead atoms. The van der Waals surface area contributed by atoms with Crippen LogP contribution in [0.2, 0.25) is 6.82 Å². The number of hydrogen-bond acceptors (Lipinski definition) is 3. The van der Waals surface area contributed by atoms with Crippen LogP contribution in [0.4, 0.5) is 4.79 Å². The zero-order valence-corrected chi connectivity index (χ0v) is 11.2. The van der Waals surface area contributed by atoms with Crippen LogP contribution in [-0.4, -0.2) is 63.3 Å². The number of aromatic nitrogens is 2. The van der Waals surface area contributed by atoms with Gasteiger partial charge in [0.05, 0.1) is 12.2 Å². The predicted octanol–water partition coefficient (Wildman–Crippen LogP) is 0.365. The SMILES string of the molecule is CCN1C(=O)N2CC=C(c3cnn(B(C)O)c3)C1C2. The van der Waals surface area contributed by atoms with E-state index in [-0.39, 0.29) is 12.1 Å². The lowest BCUT2D eigenvalue weighted by atomic mass is 9.89. The molecule has 1 fully saturated rings. The summed E-state index contributed by atoms with van der Waals surface area (Å²) in [6.07, 6.45) is 5.68. The molecule has 1 N–H and O–H groups in total. The minimum Gasteiger partial charge on any atom is -0.431 e. The molecule has 1 atom stereocenters. The number of nitrogens with zero attached hydrogens (tertiary/aromatic N) is 4. The Kier molecular flexibility index (Phi) is 2.85. The van der Waals surface area contributed by atoms with Crippen LogP contribution in [0, 0.1) is 0 Å². The highest BCUT2D eigenvalue weighted by Gasteiger charge is 2.41. The fraction of sp³-hybridized carbons (Fsp3) is 0.500. The molecule has 2 aliphatic rings. The van der Waals surface area contributed by atoms with E-state index in [4.69, 9.17) is 0 Å². The van der Waals surface area contributed by atoms with Gasteiger partial charge in [0.1, 0.15) is 0 Å². The lowest BCUT2D eigenvalue weighted by Gasteiger charge is -2.24. The number of hydrogen-bond donors (Lipinski definition) is 1. The number of fused-ring (bicyclic) bond motifs is 2. The fourth-order valence-corrected chi connectivity index (χ4v) is 2.82. The largest absolute Gasteiger partial charge is 0.431 e. The van der Waals surface area contributed by atoms with Crippen molar-refractivity contribution < 1.29 is 9.82 Å². The van der Waals surface area contributed by atoms with Crippen molar-refractivity contribution in [2.75, 3.05) is 19.6 Å². The molecule has 6 nitrogen and oxygen atoms in total. The van der Waals surface area contributed by atoms with Crippen molar-refractivity contribution in [3.63, 3.8) is 0 Å². The van der Waals surface area contributed by atoms with Gasteiger partial charge in [-0.15, -0.1) is 0 Å². The van der Waals surface area contributed by atoms with E-state index in [0.717, 1.165) is 17.7 Å². The molecule has 0 spiro atoms. The van der Waals surface area contributed by atoms with Crippen LogP contribution in [0.25, 0.3) is 5.57 Å². The summed E-state index contributed by atoms with van der Waals surface area (Å²) >= 11 is 0. The first-order valence-electron chi connectivity index (χ1n) is 6.60. The maximum absolute atomic E-state index is 12.1. The molecule has 0 aliphatic carbocycles. The lowest BCUT2D eigenvalue weighted by molar-refractivity contribution is 0.196. The maximum Gasteiger partial charge on any atom is 0.431 e. The maximum atomic E-state index is 12.1. The number of amides is 2. The summed E-state index contributed by atoms with van der Waals surface area (Å²) in [5.74, 6) is 0. The molecule has 0 radical (unpaired) electrons. The average Bonchev–Trinajstić information content (AvgIpc) is 2.96. The second-order valence-corrected chi connectivity index (χ2v) is 4.99. The molecule has 3 rings (SSSR count). The summed E-state index contributed by atoms with van der Waals surface area (Å²) in [5, 5.41) is 13.7. The monoisotopic (exact) mass is 260 g/mol. The van der Waals surface area contributed by atoms with Crippen LogP contribution in [-0.2, 0) is 0 Å². The van der Waals surface area contributed by atoms with Gasteiger partial charge in [-0.05, 0) is 19.3 Å². The third-order valence-corrected chi connectivity index (χ3v) is 3.83. The van der Waals surface area contributed by atoms with Gasteiger partial charge < -0.3 is 14.8 Å². The van der Waals surface area contributed by atoms with E-state index < -0.39 is 7.05 Å². The molecular weight excluding hydrogens is 243 g/mol. The van der Waals surface area contributed by atoms with Gasteiger partial charge >= 0.3 is 13.1 Å². The van der Waals surface area contributed by atoms with Crippen molar-refractivity contribution in [1.82, 2.24) is 19.5 Å². The Morgan fingerprint density at radius 1 is 1.58 bits per heavy atom. The normalized spacial score (nSPS) is 21.9. The lowest BCUT2D eigenvalue weighted by Crippen LogP contribution is -2.33. The van der Waals surface area contributed by atoms with Crippen molar-refractivity contribution in [1.29, 1.82) is 0 Å². The minimum absolute atomic E-state index is 0.109.